The lowest BCUT2D eigenvalue weighted by atomic mass is 9.90. The van der Waals surface area contributed by atoms with Crippen LogP contribution in [0.4, 0.5) is 0 Å². The fraction of sp³-hybridized carbons (Fsp3) is 0.667. The van der Waals surface area contributed by atoms with Crippen LogP contribution in [-0.2, 0) is 4.74 Å². The third kappa shape index (κ3) is 4.28. The zero-order valence-electron chi connectivity index (χ0n) is 16.7. The Labute approximate surface area is 177 Å². The van der Waals surface area contributed by atoms with E-state index in [4.69, 9.17) is 16.3 Å². The van der Waals surface area contributed by atoms with Crippen LogP contribution in [0, 0.1) is 6.92 Å². The van der Waals surface area contributed by atoms with Crippen LogP contribution in [-0.4, -0.2) is 45.2 Å². The number of aryl methyl sites for hydroxylation is 1. The van der Waals surface area contributed by atoms with Crippen molar-refractivity contribution in [2.75, 3.05) is 13.2 Å². The van der Waals surface area contributed by atoms with Gasteiger partial charge in [-0.3, -0.25) is 9.47 Å². The second-order valence-corrected chi connectivity index (χ2v) is 8.56. The van der Waals surface area contributed by atoms with Crippen LogP contribution in [0.1, 0.15) is 57.1 Å². The molecule has 4 rings (SSSR count). The molecule has 0 radical (unpaired) electrons. The van der Waals surface area contributed by atoms with Gasteiger partial charge in [0.25, 0.3) is 0 Å². The van der Waals surface area contributed by atoms with Crippen LogP contribution in [0.3, 0.4) is 0 Å². The van der Waals surface area contributed by atoms with Crippen LogP contribution < -0.4 is 5.69 Å². The average Bonchev–Trinajstić information content (AvgIpc) is 2.98. The molecule has 1 aromatic heterocycles. The molecule has 1 aliphatic carbocycles. The molecule has 2 heterocycles. The number of fused-ring (bicyclic) bond motifs is 1. The fourth-order valence-electron chi connectivity index (χ4n) is 4.94. The number of aromatic nitrogens is 2. The number of alkyl halides is 1. The van der Waals surface area contributed by atoms with E-state index in [-0.39, 0.29) is 29.6 Å². The second kappa shape index (κ2) is 9.21. The van der Waals surface area contributed by atoms with Crippen molar-refractivity contribution >= 4 is 35.0 Å². The molecule has 2 aliphatic rings. The van der Waals surface area contributed by atoms with Crippen LogP contribution in [0.5, 0.6) is 0 Å². The first kappa shape index (κ1) is 21.7. The van der Waals surface area contributed by atoms with Gasteiger partial charge in [0, 0.05) is 25.2 Å². The molecule has 5 nitrogen and oxygen atoms in total. The largest absolute Gasteiger partial charge is 0.379 e. The highest BCUT2D eigenvalue weighted by molar-refractivity contribution is 6.20. The summed E-state index contributed by atoms with van der Waals surface area (Å²) in [7, 11) is 0. The van der Waals surface area contributed by atoms with Gasteiger partial charge in [-0.25, -0.2) is 4.79 Å². The lowest BCUT2D eigenvalue weighted by Crippen LogP contribution is -2.48. The number of ether oxygens (including phenoxy) is 1. The Morgan fingerprint density at radius 3 is 2.61 bits per heavy atom. The van der Waals surface area contributed by atoms with E-state index in [0.717, 1.165) is 62.7 Å². The zero-order chi connectivity index (χ0) is 19.0. The molecule has 1 aliphatic heterocycles. The standard InChI is InChI=1S/C21H30ClN3O2.ClH/c1-3-27-17-7-5-15(6-8-17)24-11-10-16(13-20(24)22)25-19-12-14(2)4-9-18(19)23-21(25)26;/h4,9,12,15-17,20H,3,5-8,10-11,13H2,1-2H3,(H,23,26);1H. The highest BCUT2D eigenvalue weighted by Gasteiger charge is 2.35. The van der Waals surface area contributed by atoms with E-state index in [0.29, 0.717) is 12.1 Å². The number of hydrogen-bond acceptors (Lipinski definition) is 3. The molecule has 156 valence electrons. The molecule has 0 bridgehead atoms. The zero-order valence-corrected chi connectivity index (χ0v) is 18.3. The molecule has 2 atom stereocenters. The van der Waals surface area contributed by atoms with Crippen molar-refractivity contribution in [2.45, 2.75) is 76.1 Å². The normalized spacial score (nSPS) is 29.0. The molecule has 2 unspecified atom stereocenters. The van der Waals surface area contributed by atoms with Gasteiger partial charge in [0.2, 0.25) is 0 Å². The minimum Gasteiger partial charge on any atom is -0.379 e. The van der Waals surface area contributed by atoms with Crippen molar-refractivity contribution < 1.29 is 4.74 Å². The number of likely N-dealkylation sites (tertiary alicyclic amines) is 1. The van der Waals surface area contributed by atoms with E-state index in [2.05, 4.69) is 29.8 Å². The van der Waals surface area contributed by atoms with E-state index in [1.165, 1.54) is 5.56 Å². The first-order valence-electron chi connectivity index (χ1n) is 10.3. The number of piperidine rings is 1. The van der Waals surface area contributed by atoms with Gasteiger partial charge in [-0.2, -0.15) is 0 Å². The number of imidazole rings is 1. The Bertz CT molecular complexity index is 842. The number of nitrogens with one attached hydrogen (secondary N) is 1. The molecule has 28 heavy (non-hydrogen) atoms. The molecular formula is C21H31Cl2N3O2. The second-order valence-electron chi connectivity index (χ2n) is 8.06. The first-order valence-corrected chi connectivity index (χ1v) is 10.7. The number of aromatic amines is 1. The van der Waals surface area contributed by atoms with E-state index < -0.39 is 0 Å². The van der Waals surface area contributed by atoms with Gasteiger partial charge in [-0.05, 0) is 70.1 Å². The topological polar surface area (TPSA) is 50.3 Å². The van der Waals surface area contributed by atoms with Gasteiger partial charge in [0.05, 0.1) is 22.6 Å². The van der Waals surface area contributed by atoms with E-state index >= 15 is 0 Å². The van der Waals surface area contributed by atoms with Crippen molar-refractivity contribution in [3.8, 4) is 0 Å². The molecule has 0 amide bonds. The van der Waals surface area contributed by atoms with Crippen molar-refractivity contribution in [1.29, 1.82) is 0 Å². The maximum atomic E-state index is 12.6. The Kier molecular flexibility index (Phi) is 7.13. The maximum absolute atomic E-state index is 12.6. The van der Waals surface area contributed by atoms with Crippen LogP contribution in [0.2, 0.25) is 0 Å². The van der Waals surface area contributed by atoms with Gasteiger partial charge in [0.15, 0.2) is 0 Å². The number of nitrogens with zero attached hydrogens (tertiary/aromatic N) is 2. The molecule has 2 fully saturated rings. The summed E-state index contributed by atoms with van der Waals surface area (Å²) < 4.78 is 7.71. The third-order valence-corrected chi connectivity index (χ3v) is 6.73. The van der Waals surface area contributed by atoms with Gasteiger partial charge in [-0.1, -0.05) is 6.07 Å². The Morgan fingerprint density at radius 2 is 1.93 bits per heavy atom. The monoisotopic (exact) mass is 427 g/mol. The predicted octanol–water partition coefficient (Wildman–Crippen LogP) is 4.61. The minimum absolute atomic E-state index is 0. The number of rotatable bonds is 4. The number of H-pyrrole nitrogens is 1. The van der Waals surface area contributed by atoms with Crippen molar-refractivity contribution in [2.24, 2.45) is 0 Å². The summed E-state index contributed by atoms with van der Waals surface area (Å²) in [5.74, 6) is 0. The molecule has 1 saturated heterocycles. The highest BCUT2D eigenvalue weighted by atomic mass is 35.5. The molecular weight excluding hydrogens is 397 g/mol. The molecule has 0 spiro atoms. The quantitative estimate of drug-likeness (QED) is 0.572. The molecule has 2 aromatic rings. The summed E-state index contributed by atoms with van der Waals surface area (Å²) in [6.07, 6.45) is 6.77. The highest BCUT2D eigenvalue weighted by Crippen LogP contribution is 2.35. The predicted molar refractivity (Wildman–Crippen MR) is 117 cm³/mol. The number of halogens is 2. The van der Waals surface area contributed by atoms with E-state index in [9.17, 15) is 4.79 Å². The molecule has 1 saturated carbocycles. The molecule has 1 aromatic carbocycles. The average molecular weight is 428 g/mol. The van der Waals surface area contributed by atoms with Crippen LogP contribution in [0.25, 0.3) is 11.0 Å². The summed E-state index contributed by atoms with van der Waals surface area (Å²) in [4.78, 5) is 18.0. The summed E-state index contributed by atoms with van der Waals surface area (Å²) in [6, 6.07) is 6.83. The summed E-state index contributed by atoms with van der Waals surface area (Å²) in [6.45, 7) is 5.89. The van der Waals surface area contributed by atoms with Crippen LogP contribution >= 0.6 is 24.0 Å². The van der Waals surface area contributed by atoms with Crippen LogP contribution in [0.15, 0.2) is 23.0 Å². The van der Waals surface area contributed by atoms with Crippen molar-refractivity contribution in [1.82, 2.24) is 14.5 Å². The Morgan fingerprint density at radius 1 is 1.18 bits per heavy atom. The molecule has 7 heteroatoms. The third-order valence-electron chi connectivity index (χ3n) is 6.30. The van der Waals surface area contributed by atoms with Gasteiger partial charge in [-0.15, -0.1) is 24.0 Å². The summed E-state index contributed by atoms with van der Waals surface area (Å²) >= 11 is 6.83. The van der Waals surface area contributed by atoms with Gasteiger partial charge >= 0.3 is 5.69 Å². The lowest BCUT2D eigenvalue weighted by molar-refractivity contribution is 0.00373. The maximum Gasteiger partial charge on any atom is 0.326 e. The fourth-order valence-corrected chi connectivity index (χ4v) is 5.40. The van der Waals surface area contributed by atoms with Gasteiger partial charge < -0.3 is 9.72 Å². The van der Waals surface area contributed by atoms with Crippen molar-refractivity contribution in [3.63, 3.8) is 0 Å². The summed E-state index contributed by atoms with van der Waals surface area (Å²) in [5, 5.41) is 0. The van der Waals surface area contributed by atoms with Gasteiger partial charge in [0.1, 0.15) is 0 Å². The Hall–Kier alpha value is -1.01. The number of hydrogen-bond donors (Lipinski definition) is 1. The smallest absolute Gasteiger partial charge is 0.326 e. The summed E-state index contributed by atoms with van der Waals surface area (Å²) in [5.41, 5.74) is 3.04. The molecule has 1 N–H and O–H groups in total. The number of benzene rings is 1. The minimum atomic E-state index is -0.0184. The SMILES string of the molecule is CCOC1CCC(N2CCC(n3c(=O)[nH]c4ccc(C)cc43)CC2Cl)CC1.Cl. The Balaban J connectivity index is 0.00000225. The van der Waals surface area contributed by atoms with E-state index in [1.54, 1.807) is 0 Å². The van der Waals surface area contributed by atoms with Crippen molar-refractivity contribution in [3.05, 3.63) is 34.2 Å². The lowest BCUT2D eigenvalue weighted by Gasteiger charge is -2.43. The first-order chi connectivity index (χ1) is 13.1. The van der Waals surface area contributed by atoms with E-state index in [1.807, 2.05) is 16.7 Å².